The summed E-state index contributed by atoms with van der Waals surface area (Å²) in [4.78, 5) is 16.3. The average Bonchev–Trinajstić information content (AvgIpc) is 3.32. The van der Waals surface area contributed by atoms with E-state index in [0.717, 1.165) is 49.7 Å². The maximum Gasteiger partial charge on any atom is 0.317 e. The first-order chi connectivity index (χ1) is 39.3. The molecule has 9 aliphatic rings. The summed E-state index contributed by atoms with van der Waals surface area (Å²) < 4.78 is 81.6. The van der Waals surface area contributed by atoms with Crippen molar-refractivity contribution in [3.63, 3.8) is 0 Å². The fourth-order valence-corrected chi connectivity index (χ4v) is 18.7. The number of esters is 1. The van der Waals surface area contributed by atoms with Gasteiger partial charge in [0.1, 0.15) is 35.9 Å². The van der Waals surface area contributed by atoms with E-state index in [0.29, 0.717) is 50.4 Å². The zero-order valence-corrected chi connectivity index (χ0v) is 52.9. The Hall–Kier alpha value is -2.83. The van der Waals surface area contributed by atoms with Crippen molar-refractivity contribution in [1.29, 1.82) is 0 Å². The Morgan fingerprint density at radius 1 is 0.699 bits per heavy atom. The van der Waals surface area contributed by atoms with Crippen LogP contribution >= 0.6 is 0 Å². The molecule has 0 amide bonds. The predicted molar refractivity (Wildman–Crippen MR) is 315 cm³/mol. The van der Waals surface area contributed by atoms with Crippen molar-refractivity contribution < 1.29 is 61.6 Å². The molecule has 0 aromatic heterocycles. The standard InChI is InChI=1S/C69H103NO13/c1-40-36-76-59(43(4)54(40)75-38-46-24-20-17-21-25-46)80-56-44(5)77-61(58-57(56)82-64(8,9)83-58)79-55-42(3)53(70)49(39-74-37-45-22-18-16-19-23-45)78-60(55)81-62(71)69-33-32-63(6,7)34-48(69)47-26-27-50-65(10)30-28-41(2)68(13,73-15)51(65)29-31-66(50,11)67(47,12)35-52(69)72-14/h16-26,40-44,48-61H,27-39,70H2,1-15H3/t40-,41+,42?,43?,44?,48?,49?,50?,51-,52?,53-,54?,55?,56+,57?,58?,59+,60+,61+,65?,66+,67-,68+,69-/m1/s1. The van der Waals surface area contributed by atoms with Gasteiger partial charge in [0.25, 0.3) is 0 Å². The lowest BCUT2D eigenvalue weighted by Crippen LogP contribution is -2.69. The largest absolute Gasteiger partial charge is 0.432 e. The van der Waals surface area contributed by atoms with Gasteiger partial charge < -0.3 is 62.6 Å². The zero-order chi connectivity index (χ0) is 59.2. The molecule has 0 spiro atoms. The minimum absolute atomic E-state index is 0.0237. The fraction of sp³-hybridized carbons (Fsp3) is 0.783. The van der Waals surface area contributed by atoms with Crippen LogP contribution in [0.4, 0.5) is 0 Å². The van der Waals surface area contributed by atoms with E-state index in [2.05, 4.69) is 80.5 Å². The van der Waals surface area contributed by atoms with Crippen molar-refractivity contribution in [2.75, 3.05) is 27.4 Å². The average molecular weight is 1150 g/mol. The third kappa shape index (κ3) is 10.8. The molecular weight excluding hydrogens is 1050 g/mol. The second-order valence-electron chi connectivity index (χ2n) is 29.7. The van der Waals surface area contributed by atoms with Crippen LogP contribution in [-0.4, -0.2) is 119 Å². The molecular formula is C69H103NO13. The molecule has 2 aromatic carbocycles. The topological polar surface area (TPSA) is 154 Å². The van der Waals surface area contributed by atoms with Crippen LogP contribution in [0.2, 0.25) is 0 Å². The molecule has 12 unspecified atom stereocenters. The molecule has 0 radical (unpaired) electrons. The highest BCUT2D eigenvalue weighted by molar-refractivity contribution is 5.80. The number of fused-ring (bicyclic) bond motifs is 8. The number of nitrogens with two attached hydrogens (primary N) is 1. The Balaban J connectivity index is 0.884. The molecule has 4 heterocycles. The van der Waals surface area contributed by atoms with Crippen molar-refractivity contribution in [3.8, 4) is 0 Å². The first kappa shape index (κ1) is 61.8. The predicted octanol–water partition coefficient (Wildman–Crippen LogP) is 12.1. The number of carbonyl (C=O) groups is 1. The summed E-state index contributed by atoms with van der Waals surface area (Å²) in [5.74, 6) is -0.375. The fourth-order valence-electron chi connectivity index (χ4n) is 18.7. The van der Waals surface area contributed by atoms with Crippen molar-refractivity contribution in [2.24, 2.45) is 74.2 Å². The SMILES string of the molecule is COC1C[C@]2(C)C(=CCC3C4(C)CC[C@H](C)[C@](C)(OC)[C@@H]4CC[C@@]32C)C2CC(C)(C)CC[C@]12C(=O)O[C@@H]1OC(COCc2ccccc2)[C@H](N)C(C)C1O[C@@H]1OC(C)[C@H](O[C@@H]2OC[C@@H](C)C(OCc3ccccc3)C2C)C2OC(C)(C)OC21. The lowest BCUT2D eigenvalue weighted by molar-refractivity contribution is -0.352. The molecule has 14 nitrogen and oxygen atoms in total. The minimum atomic E-state index is -1.19. The van der Waals surface area contributed by atoms with Gasteiger partial charge in [-0.1, -0.05) is 135 Å². The van der Waals surface area contributed by atoms with Crippen molar-refractivity contribution >= 4 is 5.97 Å². The molecule has 8 fully saturated rings. The molecule has 11 rings (SSSR count). The van der Waals surface area contributed by atoms with Gasteiger partial charge in [-0.05, 0) is 142 Å². The number of carbonyl (C=O) groups excluding carboxylic acids is 1. The quantitative estimate of drug-likeness (QED) is 0.133. The van der Waals surface area contributed by atoms with E-state index >= 15 is 4.79 Å². The summed E-state index contributed by atoms with van der Waals surface area (Å²) in [5, 5.41) is 0. The Morgan fingerprint density at radius 3 is 2.06 bits per heavy atom. The first-order valence-corrected chi connectivity index (χ1v) is 31.9. The van der Waals surface area contributed by atoms with Gasteiger partial charge in [-0.3, -0.25) is 4.79 Å². The molecule has 2 N–H and O–H groups in total. The van der Waals surface area contributed by atoms with Crippen molar-refractivity contribution in [1.82, 2.24) is 0 Å². The Kier molecular flexibility index (Phi) is 17.3. The van der Waals surface area contributed by atoms with Crippen molar-refractivity contribution in [2.45, 2.75) is 246 Å². The van der Waals surface area contributed by atoms with E-state index < -0.39 is 84.8 Å². The van der Waals surface area contributed by atoms with Gasteiger partial charge in [-0.15, -0.1) is 0 Å². The third-order valence-corrected chi connectivity index (χ3v) is 24.0. The van der Waals surface area contributed by atoms with E-state index in [1.54, 1.807) is 0 Å². The van der Waals surface area contributed by atoms with Gasteiger partial charge in [-0.2, -0.15) is 0 Å². The molecule has 4 saturated carbocycles. The third-order valence-electron chi connectivity index (χ3n) is 24.0. The zero-order valence-electron chi connectivity index (χ0n) is 52.9. The molecule has 4 aliphatic heterocycles. The molecule has 14 heteroatoms. The number of benzene rings is 2. The highest BCUT2D eigenvalue weighted by Gasteiger charge is 2.73. The first-order valence-electron chi connectivity index (χ1n) is 31.9. The normalized spacial score (nSPS) is 47.2. The highest BCUT2D eigenvalue weighted by Crippen LogP contribution is 2.76. The number of hydrogen-bond donors (Lipinski definition) is 1. The maximum atomic E-state index is 16.3. The minimum Gasteiger partial charge on any atom is -0.432 e. The van der Waals surface area contributed by atoms with Crippen LogP contribution < -0.4 is 5.73 Å². The number of ether oxygens (including phenoxy) is 12. The molecule has 4 saturated heterocycles. The maximum absolute atomic E-state index is 16.3. The number of methoxy groups -OCH3 is 2. The second-order valence-corrected chi connectivity index (χ2v) is 29.7. The summed E-state index contributed by atoms with van der Waals surface area (Å²) >= 11 is 0. The van der Waals surface area contributed by atoms with Gasteiger partial charge in [0.2, 0.25) is 6.29 Å². The van der Waals surface area contributed by atoms with Crippen LogP contribution in [0.15, 0.2) is 72.3 Å². The lowest BCUT2D eigenvalue weighted by atomic mass is 9.33. The molecule has 462 valence electrons. The Labute approximate surface area is 496 Å². The summed E-state index contributed by atoms with van der Waals surface area (Å²) in [6, 6.07) is 19.7. The van der Waals surface area contributed by atoms with Gasteiger partial charge in [-0.25, -0.2) is 0 Å². The van der Waals surface area contributed by atoms with Crippen LogP contribution in [0.1, 0.15) is 159 Å². The van der Waals surface area contributed by atoms with E-state index in [1.807, 2.05) is 90.4 Å². The van der Waals surface area contributed by atoms with E-state index in [-0.39, 0.29) is 63.7 Å². The van der Waals surface area contributed by atoms with Gasteiger partial charge in [0.05, 0.1) is 50.3 Å². The number of allylic oxidation sites excluding steroid dienone is 2. The van der Waals surface area contributed by atoms with Gasteiger partial charge in [0.15, 0.2) is 18.4 Å². The van der Waals surface area contributed by atoms with Gasteiger partial charge in [0, 0.05) is 38.0 Å². The monoisotopic (exact) mass is 1150 g/mol. The lowest BCUT2D eigenvalue weighted by Gasteiger charge is -2.72. The molecule has 83 heavy (non-hydrogen) atoms. The van der Waals surface area contributed by atoms with Crippen LogP contribution in [0.25, 0.3) is 0 Å². The Morgan fingerprint density at radius 2 is 1.37 bits per heavy atom. The van der Waals surface area contributed by atoms with Crippen LogP contribution in [0.5, 0.6) is 0 Å². The molecule has 2 aromatic rings. The van der Waals surface area contributed by atoms with E-state index in [9.17, 15) is 0 Å². The summed E-state index contributed by atoms with van der Waals surface area (Å²) in [5.41, 5.74) is 9.45. The van der Waals surface area contributed by atoms with Crippen LogP contribution in [-0.2, 0) is 74.9 Å². The summed E-state index contributed by atoms with van der Waals surface area (Å²) in [7, 11) is 3.75. The van der Waals surface area contributed by atoms with Crippen molar-refractivity contribution in [3.05, 3.63) is 83.4 Å². The van der Waals surface area contributed by atoms with E-state index in [4.69, 9.17) is 62.6 Å². The number of hydrogen-bond acceptors (Lipinski definition) is 14. The second kappa shape index (κ2) is 23.3. The van der Waals surface area contributed by atoms with Gasteiger partial charge >= 0.3 is 5.97 Å². The highest BCUT2D eigenvalue weighted by atomic mass is 16.8. The Bertz CT molecular complexity index is 2600. The smallest absolute Gasteiger partial charge is 0.317 e. The van der Waals surface area contributed by atoms with E-state index in [1.165, 1.54) is 12.0 Å². The van der Waals surface area contributed by atoms with Crippen LogP contribution in [0.3, 0.4) is 0 Å². The molecule has 0 bridgehead atoms. The summed E-state index contributed by atoms with van der Waals surface area (Å²) in [6.07, 6.45) is 3.92. The summed E-state index contributed by atoms with van der Waals surface area (Å²) in [6.45, 7) is 30.9. The molecule has 24 atom stereocenters. The van der Waals surface area contributed by atoms with Crippen LogP contribution in [0, 0.1) is 68.5 Å². The number of rotatable bonds is 15. The molecule has 5 aliphatic carbocycles.